The van der Waals surface area contributed by atoms with Crippen molar-refractivity contribution in [2.75, 3.05) is 12.4 Å². The fourth-order valence-electron chi connectivity index (χ4n) is 2.67. The van der Waals surface area contributed by atoms with Gasteiger partial charge in [0, 0.05) is 6.08 Å². The zero-order valence-electron chi connectivity index (χ0n) is 17.0. The van der Waals surface area contributed by atoms with Crippen LogP contribution in [0.3, 0.4) is 0 Å². The molecule has 1 amide bonds. The quantitative estimate of drug-likeness (QED) is 0.570. The minimum Gasteiger partial charge on any atom is -0.493 e. The maximum absolute atomic E-state index is 13.0. The highest BCUT2D eigenvalue weighted by Gasteiger charge is 2.08. The molecule has 3 rings (SSSR count). The van der Waals surface area contributed by atoms with Crippen LogP contribution in [-0.2, 0) is 11.3 Å². The van der Waals surface area contributed by atoms with E-state index in [2.05, 4.69) is 15.4 Å². The highest BCUT2D eigenvalue weighted by Crippen LogP contribution is 2.29. The number of hydrogen-bond donors (Lipinski definition) is 1. The number of ether oxygens (including phenoxy) is 2. The Kier molecular flexibility index (Phi) is 6.79. The van der Waals surface area contributed by atoms with E-state index in [-0.39, 0.29) is 23.8 Å². The Morgan fingerprint density at radius 1 is 1.20 bits per heavy atom. The molecule has 3 aromatic rings. The molecule has 156 valence electrons. The lowest BCUT2D eigenvalue weighted by atomic mass is 10.2. The average Bonchev–Trinajstić information content (AvgIpc) is 3.15. The Morgan fingerprint density at radius 2 is 1.97 bits per heavy atom. The summed E-state index contributed by atoms with van der Waals surface area (Å²) in [5, 5.41) is 6.81. The summed E-state index contributed by atoms with van der Waals surface area (Å²) >= 11 is 0. The second-order valence-electron chi connectivity index (χ2n) is 6.79. The van der Waals surface area contributed by atoms with Gasteiger partial charge in [-0.1, -0.05) is 18.2 Å². The summed E-state index contributed by atoms with van der Waals surface area (Å²) < 4.78 is 25.6. The number of amides is 1. The van der Waals surface area contributed by atoms with E-state index in [9.17, 15) is 9.18 Å². The molecule has 0 aliphatic carbocycles. The molecule has 1 aromatic heterocycles. The minimum atomic E-state index is -0.365. The third-order valence-corrected chi connectivity index (χ3v) is 4.01. The van der Waals surface area contributed by atoms with Gasteiger partial charge in [0.2, 0.25) is 5.95 Å². The van der Waals surface area contributed by atoms with Gasteiger partial charge in [-0.3, -0.25) is 10.1 Å². The first-order chi connectivity index (χ1) is 14.4. The van der Waals surface area contributed by atoms with Crippen molar-refractivity contribution < 1.29 is 18.7 Å². The number of aromatic nitrogens is 3. The topological polar surface area (TPSA) is 78.3 Å². The normalized spacial score (nSPS) is 11.1. The number of carbonyl (C=O) groups excluding carboxylic acids is 1. The summed E-state index contributed by atoms with van der Waals surface area (Å²) in [7, 11) is 1.57. The van der Waals surface area contributed by atoms with Crippen molar-refractivity contribution in [3.63, 3.8) is 0 Å². The standard InChI is InChI=1S/C22H23FN4O3/c1-15(2)30-19-10-6-16(12-20(19)29-3)7-11-21(28)25-22-24-14-27(26-22)13-17-4-8-18(23)9-5-17/h4-12,14-15H,13H2,1-3H3,(H,25,26,28). The summed E-state index contributed by atoms with van der Waals surface area (Å²) in [5.41, 5.74) is 1.66. The van der Waals surface area contributed by atoms with Crippen LogP contribution in [0.1, 0.15) is 25.0 Å². The van der Waals surface area contributed by atoms with Crippen molar-refractivity contribution in [3.8, 4) is 11.5 Å². The Bertz CT molecular complexity index is 1030. The number of carbonyl (C=O) groups is 1. The largest absolute Gasteiger partial charge is 0.493 e. The maximum atomic E-state index is 13.0. The molecule has 0 saturated heterocycles. The number of hydrogen-bond acceptors (Lipinski definition) is 5. The van der Waals surface area contributed by atoms with Crippen LogP contribution in [0.2, 0.25) is 0 Å². The van der Waals surface area contributed by atoms with Crippen molar-refractivity contribution in [2.24, 2.45) is 0 Å². The van der Waals surface area contributed by atoms with Crippen LogP contribution < -0.4 is 14.8 Å². The van der Waals surface area contributed by atoms with Crippen LogP contribution in [0.15, 0.2) is 54.9 Å². The van der Waals surface area contributed by atoms with Crippen LogP contribution in [0.25, 0.3) is 6.08 Å². The second-order valence-corrected chi connectivity index (χ2v) is 6.79. The van der Waals surface area contributed by atoms with Crippen LogP contribution in [-0.4, -0.2) is 33.9 Å². The number of nitrogens with one attached hydrogen (secondary N) is 1. The number of nitrogens with zero attached hydrogens (tertiary/aromatic N) is 3. The molecule has 0 aliphatic heterocycles. The Hall–Kier alpha value is -3.68. The molecule has 0 atom stereocenters. The van der Waals surface area contributed by atoms with Gasteiger partial charge in [-0.25, -0.2) is 14.1 Å². The van der Waals surface area contributed by atoms with Gasteiger partial charge in [0.15, 0.2) is 11.5 Å². The molecule has 7 nitrogen and oxygen atoms in total. The summed E-state index contributed by atoms with van der Waals surface area (Å²) in [6.07, 6.45) is 4.58. The van der Waals surface area contributed by atoms with Crippen LogP contribution in [0.4, 0.5) is 10.3 Å². The monoisotopic (exact) mass is 410 g/mol. The maximum Gasteiger partial charge on any atom is 0.250 e. The summed E-state index contributed by atoms with van der Waals surface area (Å²) in [4.78, 5) is 16.2. The zero-order chi connectivity index (χ0) is 21.5. The number of benzene rings is 2. The number of anilines is 1. The Labute approximate surface area is 174 Å². The molecule has 0 radical (unpaired) electrons. The van der Waals surface area contributed by atoms with Crippen molar-refractivity contribution in [1.82, 2.24) is 14.8 Å². The predicted molar refractivity (Wildman–Crippen MR) is 112 cm³/mol. The molecule has 0 fully saturated rings. The molecule has 0 saturated carbocycles. The predicted octanol–water partition coefficient (Wildman–Crippen LogP) is 3.91. The van der Waals surface area contributed by atoms with Gasteiger partial charge >= 0.3 is 0 Å². The van der Waals surface area contributed by atoms with Gasteiger partial charge in [-0.05, 0) is 55.3 Å². The first-order valence-electron chi connectivity index (χ1n) is 9.40. The summed E-state index contributed by atoms with van der Waals surface area (Å²) in [6.45, 7) is 4.29. The van der Waals surface area contributed by atoms with Gasteiger partial charge < -0.3 is 9.47 Å². The van der Waals surface area contributed by atoms with Crippen LogP contribution in [0.5, 0.6) is 11.5 Å². The van der Waals surface area contributed by atoms with E-state index >= 15 is 0 Å². The first-order valence-corrected chi connectivity index (χ1v) is 9.40. The molecule has 1 N–H and O–H groups in total. The lowest BCUT2D eigenvalue weighted by Crippen LogP contribution is -2.10. The van der Waals surface area contributed by atoms with Gasteiger partial charge in [0.05, 0.1) is 19.8 Å². The Balaban J connectivity index is 1.59. The highest BCUT2D eigenvalue weighted by molar-refractivity contribution is 6.00. The number of rotatable bonds is 8. The molecule has 30 heavy (non-hydrogen) atoms. The smallest absolute Gasteiger partial charge is 0.250 e. The molecule has 1 heterocycles. The van der Waals surface area contributed by atoms with Gasteiger partial charge in [0.25, 0.3) is 5.91 Å². The number of halogens is 1. The van der Waals surface area contributed by atoms with Crippen molar-refractivity contribution in [2.45, 2.75) is 26.5 Å². The molecule has 2 aromatic carbocycles. The fourth-order valence-corrected chi connectivity index (χ4v) is 2.67. The SMILES string of the molecule is COc1cc(C=CC(=O)Nc2ncn(Cc3ccc(F)cc3)n2)ccc1OC(C)C. The molecule has 0 aliphatic rings. The van der Waals surface area contributed by atoms with Crippen molar-refractivity contribution in [3.05, 3.63) is 71.8 Å². The molecular formula is C22H23FN4O3. The van der Waals surface area contributed by atoms with E-state index < -0.39 is 0 Å². The van der Waals surface area contributed by atoms with E-state index in [0.717, 1.165) is 11.1 Å². The molecule has 0 spiro atoms. The first kappa shape index (κ1) is 21.0. The van der Waals surface area contributed by atoms with Crippen molar-refractivity contribution >= 4 is 17.9 Å². The summed E-state index contributed by atoms with van der Waals surface area (Å²) in [5.74, 6) is 0.760. The van der Waals surface area contributed by atoms with Crippen LogP contribution in [0, 0.1) is 5.82 Å². The van der Waals surface area contributed by atoms with E-state index in [1.807, 2.05) is 19.9 Å². The highest BCUT2D eigenvalue weighted by atomic mass is 19.1. The average molecular weight is 410 g/mol. The van der Waals surface area contributed by atoms with E-state index in [1.165, 1.54) is 24.5 Å². The molecular weight excluding hydrogens is 387 g/mol. The molecule has 0 bridgehead atoms. The van der Waals surface area contributed by atoms with Crippen molar-refractivity contribution in [1.29, 1.82) is 0 Å². The molecule has 0 unspecified atom stereocenters. The van der Waals surface area contributed by atoms with E-state index in [0.29, 0.717) is 18.0 Å². The van der Waals surface area contributed by atoms with E-state index in [1.54, 1.807) is 42.1 Å². The van der Waals surface area contributed by atoms with Gasteiger partial charge in [0.1, 0.15) is 12.1 Å². The third-order valence-electron chi connectivity index (χ3n) is 4.01. The minimum absolute atomic E-state index is 0.0291. The second kappa shape index (κ2) is 9.69. The van der Waals surface area contributed by atoms with Gasteiger partial charge in [-0.15, -0.1) is 5.10 Å². The van der Waals surface area contributed by atoms with Crippen LogP contribution >= 0.6 is 0 Å². The lowest BCUT2D eigenvalue weighted by molar-refractivity contribution is -0.111. The zero-order valence-corrected chi connectivity index (χ0v) is 17.0. The summed E-state index contributed by atoms with van der Waals surface area (Å²) in [6, 6.07) is 11.5. The van der Waals surface area contributed by atoms with E-state index in [4.69, 9.17) is 9.47 Å². The molecule has 8 heteroatoms. The lowest BCUT2D eigenvalue weighted by Gasteiger charge is -2.13. The third kappa shape index (κ3) is 5.91. The Morgan fingerprint density at radius 3 is 2.67 bits per heavy atom. The van der Waals surface area contributed by atoms with Gasteiger partial charge in [-0.2, -0.15) is 0 Å². The number of methoxy groups -OCH3 is 1. The fraction of sp³-hybridized carbons (Fsp3) is 0.227.